The van der Waals surface area contributed by atoms with Crippen molar-refractivity contribution in [2.24, 2.45) is 11.3 Å². The molecule has 18 heavy (non-hydrogen) atoms. The van der Waals surface area contributed by atoms with Gasteiger partial charge in [0.1, 0.15) is 5.54 Å². The van der Waals surface area contributed by atoms with Gasteiger partial charge < -0.3 is 10.0 Å². The summed E-state index contributed by atoms with van der Waals surface area (Å²) in [5, 5.41) is 9.29. The molecule has 1 saturated heterocycles. The highest BCUT2D eigenvalue weighted by molar-refractivity contribution is 5.87. The zero-order valence-corrected chi connectivity index (χ0v) is 12.1. The van der Waals surface area contributed by atoms with Gasteiger partial charge in [0.2, 0.25) is 5.91 Å². The minimum Gasteiger partial charge on any atom is -0.480 e. The van der Waals surface area contributed by atoms with Gasteiger partial charge in [-0.25, -0.2) is 4.79 Å². The molecule has 2 atom stereocenters. The largest absolute Gasteiger partial charge is 0.480 e. The van der Waals surface area contributed by atoms with Crippen molar-refractivity contribution >= 4 is 11.9 Å². The molecular weight excluding hydrogens is 230 g/mol. The number of rotatable bonds is 3. The third kappa shape index (κ3) is 2.85. The summed E-state index contributed by atoms with van der Waals surface area (Å²) in [6.45, 7) is 10.6. The monoisotopic (exact) mass is 255 g/mol. The van der Waals surface area contributed by atoms with E-state index in [0.29, 0.717) is 19.4 Å². The Morgan fingerprint density at radius 2 is 1.94 bits per heavy atom. The van der Waals surface area contributed by atoms with Crippen molar-refractivity contribution in [2.75, 3.05) is 6.54 Å². The van der Waals surface area contributed by atoms with Crippen molar-refractivity contribution in [3.63, 3.8) is 0 Å². The summed E-state index contributed by atoms with van der Waals surface area (Å²) >= 11 is 0. The van der Waals surface area contributed by atoms with E-state index in [0.717, 1.165) is 6.42 Å². The summed E-state index contributed by atoms with van der Waals surface area (Å²) in [7, 11) is 0. The predicted octanol–water partition coefficient (Wildman–Crippen LogP) is 2.52. The highest BCUT2D eigenvalue weighted by Crippen LogP contribution is 2.33. The zero-order valence-electron chi connectivity index (χ0n) is 12.1. The van der Waals surface area contributed by atoms with Gasteiger partial charge >= 0.3 is 5.97 Å². The van der Waals surface area contributed by atoms with Crippen molar-refractivity contribution < 1.29 is 14.7 Å². The van der Waals surface area contributed by atoms with Crippen molar-refractivity contribution in [3.05, 3.63) is 0 Å². The first-order valence-electron chi connectivity index (χ1n) is 6.63. The summed E-state index contributed by atoms with van der Waals surface area (Å²) in [5.74, 6) is -0.680. The van der Waals surface area contributed by atoms with Gasteiger partial charge in [-0.15, -0.1) is 0 Å². The van der Waals surface area contributed by atoms with Crippen LogP contribution in [-0.2, 0) is 9.59 Å². The SMILES string of the molecule is CC(CC(=O)N1CCCC1(C)C(=O)O)C(C)(C)C. The molecule has 0 bridgehead atoms. The Hall–Kier alpha value is -1.06. The minimum absolute atomic E-state index is 0.0279. The molecule has 1 aliphatic rings. The van der Waals surface area contributed by atoms with Crippen molar-refractivity contribution in [1.29, 1.82) is 0 Å². The van der Waals surface area contributed by atoms with Crippen molar-refractivity contribution in [1.82, 2.24) is 4.90 Å². The number of carbonyl (C=O) groups is 2. The van der Waals surface area contributed by atoms with Gasteiger partial charge in [-0.1, -0.05) is 27.7 Å². The Labute approximate surface area is 109 Å². The molecule has 4 nitrogen and oxygen atoms in total. The van der Waals surface area contributed by atoms with Crippen LogP contribution in [0.25, 0.3) is 0 Å². The molecule has 1 N–H and O–H groups in total. The predicted molar refractivity (Wildman–Crippen MR) is 70.2 cm³/mol. The quantitative estimate of drug-likeness (QED) is 0.843. The molecule has 0 radical (unpaired) electrons. The summed E-state index contributed by atoms with van der Waals surface area (Å²) in [6, 6.07) is 0. The molecule has 0 aliphatic carbocycles. The molecule has 1 aliphatic heterocycles. The molecule has 1 fully saturated rings. The Bertz CT molecular complexity index is 345. The van der Waals surface area contributed by atoms with Gasteiger partial charge in [0, 0.05) is 13.0 Å². The number of amides is 1. The van der Waals surface area contributed by atoms with Crippen LogP contribution < -0.4 is 0 Å². The third-order valence-corrected chi connectivity index (χ3v) is 4.36. The number of hydrogen-bond acceptors (Lipinski definition) is 2. The fourth-order valence-corrected chi connectivity index (χ4v) is 2.26. The lowest BCUT2D eigenvalue weighted by Crippen LogP contribution is -2.51. The Morgan fingerprint density at radius 1 is 1.39 bits per heavy atom. The topological polar surface area (TPSA) is 57.6 Å². The van der Waals surface area contributed by atoms with E-state index in [2.05, 4.69) is 20.8 Å². The van der Waals surface area contributed by atoms with Gasteiger partial charge in [-0.2, -0.15) is 0 Å². The molecule has 104 valence electrons. The van der Waals surface area contributed by atoms with Crippen LogP contribution in [0, 0.1) is 11.3 Å². The lowest BCUT2D eigenvalue weighted by atomic mass is 9.80. The van der Waals surface area contributed by atoms with E-state index in [1.165, 1.54) is 0 Å². The lowest BCUT2D eigenvalue weighted by molar-refractivity contribution is -0.155. The minimum atomic E-state index is -1.01. The molecule has 0 aromatic carbocycles. The number of hydrogen-bond donors (Lipinski definition) is 1. The summed E-state index contributed by atoms with van der Waals surface area (Å²) in [6.07, 6.45) is 1.75. The molecule has 2 unspecified atom stereocenters. The maximum atomic E-state index is 12.3. The van der Waals surface area contributed by atoms with Crippen molar-refractivity contribution in [3.8, 4) is 0 Å². The molecule has 0 aromatic rings. The van der Waals surface area contributed by atoms with Gasteiger partial charge in [-0.3, -0.25) is 4.79 Å². The average Bonchev–Trinajstić information content (AvgIpc) is 2.60. The van der Waals surface area contributed by atoms with E-state index in [1.807, 2.05) is 6.92 Å². The fourth-order valence-electron chi connectivity index (χ4n) is 2.26. The number of nitrogens with zero attached hydrogens (tertiary/aromatic N) is 1. The van der Waals surface area contributed by atoms with Crippen LogP contribution in [0.4, 0.5) is 0 Å². The molecular formula is C14H25NO3. The highest BCUT2D eigenvalue weighted by atomic mass is 16.4. The van der Waals surface area contributed by atoms with Crippen LogP contribution in [0.3, 0.4) is 0 Å². The van der Waals surface area contributed by atoms with Crippen LogP contribution >= 0.6 is 0 Å². The molecule has 0 spiro atoms. The Morgan fingerprint density at radius 3 is 2.39 bits per heavy atom. The van der Waals surface area contributed by atoms with Crippen molar-refractivity contribution in [2.45, 2.75) is 59.4 Å². The number of likely N-dealkylation sites (tertiary alicyclic amines) is 1. The van der Waals surface area contributed by atoms with Crippen LogP contribution in [0.2, 0.25) is 0 Å². The number of aliphatic carboxylic acids is 1. The second-order valence-corrected chi connectivity index (χ2v) is 6.70. The van der Waals surface area contributed by atoms with E-state index in [9.17, 15) is 14.7 Å². The van der Waals surface area contributed by atoms with E-state index in [1.54, 1.807) is 11.8 Å². The van der Waals surface area contributed by atoms with Gasteiger partial charge in [0.05, 0.1) is 0 Å². The summed E-state index contributed by atoms with van der Waals surface area (Å²) in [5.41, 5.74) is -0.941. The standard InChI is InChI=1S/C14H25NO3/c1-10(13(2,3)4)9-11(16)15-8-6-7-14(15,5)12(17)18/h10H,6-9H2,1-5H3,(H,17,18). The maximum Gasteiger partial charge on any atom is 0.329 e. The molecule has 1 rings (SSSR count). The van der Waals surface area contributed by atoms with Gasteiger partial charge in [0.25, 0.3) is 0 Å². The fraction of sp³-hybridized carbons (Fsp3) is 0.857. The third-order valence-electron chi connectivity index (χ3n) is 4.36. The number of carboxylic acid groups (broad SMARTS) is 1. The van der Waals surface area contributed by atoms with Crippen LogP contribution in [0.15, 0.2) is 0 Å². The van der Waals surface area contributed by atoms with E-state index >= 15 is 0 Å². The summed E-state index contributed by atoms with van der Waals surface area (Å²) in [4.78, 5) is 25.2. The lowest BCUT2D eigenvalue weighted by Gasteiger charge is -2.34. The normalized spacial score (nSPS) is 26.2. The smallest absolute Gasteiger partial charge is 0.329 e. The second kappa shape index (κ2) is 4.90. The van der Waals surface area contributed by atoms with Crippen LogP contribution in [0.1, 0.15) is 53.9 Å². The maximum absolute atomic E-state index is 12.3. The molecule has 0 saturated carbocycles. The zero-order chi connectivity index (χ0) is 14.1. The first-order chi connectivity index (χ1) is 8.09. The Balaban J connectivity index is 2.76. The first-order valence-corrected chi connectivity index (χ1v) is 6.63. The highest BCUT2D eigenvalue weighted by Gasteiger charge is 2.46. The van der Waals surface area contributed by atoms with E-state index in [-0.39, 0.29) is 17.2 Å². The van der Waals surface area contributed by atoms with Crippen LogP contribution in [-0.4, -0.2) is 34.0 Å². The van der Waals surface area contributed by atoms with Gasteiger partial charge in [0.15, 0.2) is 0 Å². The number of carbonyl (C=O) groups excluding carboxylic acids is 1. The van der Waals surface area contributed by atoms with E-state index in [4.69, 9.17) is 0 Å². The molecule has 1 heterocycles. The molecule has 0 aromatic heterocycles. The second-order valence-electron chi connectivity index (χ2n) is 6.70. The molecule has 4 heteroatoms. The average molecular weight is 255 g/mol. The number of carboxylic acids is 1. The first kappa shape index (κ1) is 15.0. The Kier molecular flexibility index (Phi) is 4.08. The summed E-state index contributed by atoms with van der Waals surface area (Å²) < 4.78 is 0. The van der Waals surface area contributed by atoms with Gasteiger partial charge in [-0.05, 0) is 31.1 Å². The van der Waals surface area contributed by atoms with Crippen LogP contribution in [0.5, 0.6) is 0 Å². The molecule has 1 amide bonds. The van der Waals surface area contributed by atoms with E-state index < -0.39 is 11.5 Å².